The minimum absolute atomic E-state index is 0.0377. The van der Waals surface area contributed by atoms with Crippen LogP contribution in [0.4, 0.5) is 0 Å². The molecule has 122 valence electrons. The van der Waals surface area contributed by atoms with Gasteiger partial charge in [0.05, 0.1) is 5.69 Å². The number of hydrogen-bond acceptors (Lipinski definition) is 3. The maximum Gasteiger partial charge on any atom is 0.303 e. The summed E-state index contributed by atoms with van der Waals surface area (Å²) in [5.74, 6) is -0.932. The fourth-order valence-corrected chi connectivity index (χ4v) is 2.23. The number of aliphatic carboxylic acids is 1. The summed E-state index contributed by atoms with van der Waals surface area (Å²) < 4.78 is 1.77. The van der Waals surface area contributed by atoms with Gasteiger partial charge >= 0.3 is 5.97 Å². The number of benzene rings is 1. The summed E-state index contributed by atoms with van der Waals surface area (Å²) in [6.07, 6.45) is 0.438. The van der Waals surface area contributed by atoms with E-state index in [0.717, 1.165) is 11.4 Å². The van der Waals surface area contributed by atoms with Crippen molar-refractivity contribution in [3.8, 4) is 5.69 Å². The second kappa shape index (κ2) is 7.58. The van der Waals surface area contributed by atoms with Crippen LogP contribution in [0.5, 0.6) is 0 Å². The van der Waals surface area contributed by atoms with Gasteiger partial charge in [-0.1, -0.05) is 32.0 Å². The number of carbonyl (C=O) groups is 2. The van der Waals surface area contributed by atoms with Crippen LogP contribution >= 0.6 is 0 Å². The van der Waals surface area contributed by atoms with E-state index in [-0.39, 0.29) is 18.2 Å². The van der Waals surface area contributed by atoms with Gasteiger partial charge in [0, 0.05) is 18.7 Å². The predicted molar refractivity (Wildman–Crippen MR) is 86.9 cm³/mol. The average molecular weight is 315 g/mol. The van der Waals surface area contributed by atoms with Gasteiger partial charge in [-0.2, -0.15) is 5.10 Å². The molecule has 1 heterocycles. The average Bonchev–Trinajstić information content (AvgIpc) is 2.97. The zero-order valence-corrected chi connectivity index (χ0v) is 13.3. The van der Waals surface area contributed by atoms with Gasteiger partial charge in [0.25, 0.3) is 5.91 Å². The number of nitrogens with zero attached hydrogens (tertiary/aromatic N) is 2. The maximum absolute atomic E-state index is 12.2. The molecule has 1 aromatic heterocycles. The molecule has 0 aliphatic heterocycles. The number of carbonyl (C=O) groups excluding carboxylic acids is 1. The van der Waals surface area contributed by atoms with Crippen LogP contribution in [0.15, 0.2) is 36.4 Å². The molecule has 0 unspecified atom stereocenters. The molecule has 2 N–H and O–H groups in total. The number of amides is 1. The lowest BCUT2D eigenvalue weighted by Crippen LogP contribution is -2.25. The molecule has 0 fully saturated rings. The summed E-state index contributed by atoms with van der Waals surface area (Å²) in [6, 6.07) is 11.4. The SMILES string of the molecule is CC(C)c1cc(C(=O)NCCCC(=O)O)nn1-c1ccccc1. The van der Waals surface area contributed by atoms with Gasteiger partial charge < -0.3 is 10.4 Å². The normalized spacial score (nSPS) is 10.7. The standard InChI is InChI=1S/C17H21N3O3/c1-12(2)15-11-14(17(23)18-10-6-9-16(21)22)19-20(15)13-7-4-3-5-8-13/h3-5,7-8,11-12H,6,9-10H2,1-2H3,(H,18,23)(H,21,22). The highest BCUT2D eigenvalue weighted by Crippen LogP contribution is 2.20. The Labute approximate surface area is 135 Å². The van der Waals surface area contributed by atoms with Crippen molar-refractivity contribution in [3.05, 3.63) is 47.8 Å². The summed E-state index contributed by atoms with van der Waals surface area (Å²) in [4.78, 5) is 22.6. The summed E-state index contributed by atoms with van der Waals surface area (Å²) >= 11 is 0. The van der Waals surface area contributed by atoms with Crippen molar-refractivity contribution in [2.24, 2.45) is 0 Å². The Bertz CT molecular complexity index is 678. The van der Waals surface area contributed by atoms with Gasteiger partial charge in [-0.05, 0) is 30.5 Å². The first-order chi connectivity index (χ1) is 11.0. The second-order valence-electron chi connectivity index (χ2n) is 5.61. The van der Waals surface area contributed by atoms with Crippen LogP contribution in [-0.4, -0.2) is 33.3 Å². The second-order valence-corrected chi connectivity index (χ2v) is 5.61. The molecule has 0 bridgehead atoms. The van der Waals surface area contributed by atoms with Crippen LogP contribution < -0.4 is 5.32 Å². The van der Waals surface area contributed by atoms with Gasteiger partial charge in [-0.25, -0.2) is 4.68 Å². The van der Waals surface area contributed by atoms with E-state index in [1.54, 1.807) is 10.7 Å². The minimum Gasteiger partial charge on any atom is -0.481 e. The molecule has 2 rings (SSSR count). The zero-order chi connectivity index (χ0) is 16.8. The fraction of sp³-hybridized carbons (Fsp3) is 0.353. The molecule has 0 atom stereocenters. The Balaban J connectivity index is 2.14. The van der Waals surface area contributed by atoms with Gasteiger partial charge in [-0.3, -0.25) is 9.59 Å². The number of carboxylic acid groups (broad SMARTS) is 1. The molecule has 0 aliphatic rings. The minimum atomic E-state index is -0.866. The largest absolute Gasteiger partial charge is 0.481 e. The Morgan fingerprint density at radius 1 is 1.26 bits per heavy atom. The molecule has 0 saturated heterocycles. The Kier molecular flexibility index (Phi) is 5.51. The van der Waals surface area contributed by atoms with Gasteiger partial charge in [0.15, 0.2) is 5.69 Å². The number of rotatable bonds is 7. The van der Waals surface area contributed by atoms with Gasteiger partial charge in [0.1, 0.15) is 0 Å². The van der Waals surface area contributed by atoms with Crippen molar-refractivity contribution in [2.45, 2.75) is 32.6 Å². The molecule has 0 aliphatic carbocycles. The third-order valence-electron chi connectivity index (χ3n) is 3.41. The van der Waals surface area contributed by atoms with E-state index in [2.05, 4.69) is 10.4 Å². The number of aromatic nitrogens is 2. The van der Waals surface area contributed by atoms with Crippen molar-refractivity contribution in [3.63, 3.8) is 0 Å². The summed E-state index contributed by atoms with van der Waals surface area (Å²) in [5.41, 5.74) is 2.20. The predicted octanol–water partition coefficient (Wildman–Crippen LogP) is 2.59. The molecule has 0 spiro atoms. The third kappa shape index (κ3) is 4.42. The van der Waals surface area contributed by atoms with E-state index in [4.69, 9.17) is 5.11 Å². The van der Waals surface area contributed by atoms with Crippen LogP contribution in [0.25, 0.3) is 5.69 Å². The van der Waals surface area contributed by atoms with Crippen LogP contribution in [0, 0.1) is 0 Å². The lowest BCUT2D eigenvalue weighted by atomic mass is 10.1. The van der Waals surface area contributed by atoms with Crippen LogP contribution in [0.1, 0.15) is 48.8 Å². The lowest BCUT2D eigenvalue weighted by molar-refractivity contribution is -0.137. The number of para-hydroxylation sites is 1. The van der Waals surface area contributed by atoms with E-state index in [9.17, 15) is 9.59 Å². The van der Waals surface area contributed by atoms with Crippen molar-refractivity contribution in [1.29, 1.82) is 0 Å². The van der Waals surface area contributed by atoms with Crippen molar-refractivity contribution in [2.75, 3.05) is 6.54 Å². The molecule has 2 aromatic rings. The van der Waals surface area contributed by atoms with Gasteiger partial charge in [0.2, 0.25) is 0 Å². The highest BCUT2D eigenvalue weighted by molar-refractivity contribution is 5.92. The Morgan fingerprint density at radius 3 is 2.57 bits per heavy atom. The molecular weight excluding hydrogens is 294 g/mol. The first-order valence-corrected chi connectivity index (χ1v) is 7.64. The molecule has 1 aromatic carbocycles. The van der Waals surface area contributed by atoms with E-state index < -0.39 is 5.97 Å². The monoisotopic (exact) mass is 315 g/mol. The summed E-state index contributed by atoms with van der Waals surface area (Å²) in [6.45, 7) is 4.41. The number of carboxylic acids is 1. The maximum atomic E-state index is 12.2. The zero-order valence-electron chi connectivity index (χ0n) is 13.3. The first-order valence-electron chi connectivity index (χ1n) is 7.64. The lowest BCUT2D eigenvalue weighted by Gasteiger charge is -2.09. The molecule has 0 saturated carbocycles. The highest BCUT2D eigenvalue weighted by Gasteiger charge is 2.17. The molecular formula is C17H21N3O3. The molecule has 6 nitrogen and oxygen atoms in total. The van der Waals surface area contributed by atoms with Crippen LogP contribution in [-0.2, 0) is 4.79 Å². The molecule has 1 amide bonds. The van der Waals surface area contributed by atoms with E-state index >= 15 is 0 Å². The summed E-state index contributed by atoms with van der Waals surface area (Å²) in [5, 5.41) is 15.7. The quantitative estimate of drug-likeness (QED) is 0.769. The smallest absolute Gasteiger partial charge is 0.303 e. The molecule has 23 heavy (non-hydrogen) atoms. The van der Waals surface area contributed by atoms with Crippen molar-refractivity contribution in [1.82, 2.24) is 15.1 Å². The third-order valence-corrected chi connectivity index (χ3v) is 3.41. The Hall–Kier alpha value is -2.63. The summed E-state index contributed by atoms with van der Waals surface area (Å²) in [7, 11) is 0. The first kappa shape index (κ1) is 16.7. The molecule has 0 radical (unpaired) electrons. The van der Waals surface area contributed by atoms with Crippen molar-refractivity contribution >= 4 is 11.9 Å². The van der Waals surface area contributed by atoms with E-state index in [1.165, 1.54) is 0 Å². The van der Waals surface area contributed by atoms with E-state index in [0.29, 0.717) is 18.7 Å². The van der Waals surface area contributed by atoms with Gasteiger partial charge in [-0.15, -0.1) is 0 Å². The number of hydrogen-bond donors (Lipinski definition) is 2. The van der Waals surface area contributed by atoms with Crippen LogP contribution in [0.3, 0.4) is 0 Å². The molecule has 6 heteroatoms. The topological polar surface area (TPSA) is 84.2 Å². The Morgan fingerprint density at radius 2 is 1.96 bits per heavy atom. The fourth-order valence-electron chi connectivity index (χ4n) is 2.23. The number of nitrogens with one attached hydrogen (secondary N) is 1. The highest BCUT2D eigenvalue weighted by atomic mass is 16.4. The van der Waals surface area contributed by atoms with Crippen molar-refractivity contribution < 1.29 is 14.7 Å². The van der Waals surface area contributed by atoms with E-state index in [1.807, 2.05) is 44.2 Å². The van der Waals surface area contributed by atoms with Crippen LogP contribution in [0.2, 0.25) is 0 Å².